The maximum atomic E-state index is 12.6. The van der Waals surface area contributed by atoms with Gasteiger partial charge in [0.1, 0.15) is 40.8 Å². The van der Waals surface area contributed by atoms with E-state index < -0.39 is 23.5 Å². The molecule has 1 N–H and O–H groups in total. The lowest BCUT2D eigenvalue weighted by atomic mass is 9.93. The number of hydrogen-bond donors (Lipinski definition) is 1. The van der Waals surface area contributed by atoms with E-state index in [0.717, 1.165) is 94.2 Å². The second-order valence-electron chi connectivity index (χ2n) is 13.8. The fourth-order valence-electron chi connectivity index (χ4n) is 5.88. The molecule has 0 aromatic heterocycles. The molecule has 0 bridgehead atoms. The van der Waals surface area contributed by atoms with E-state index in [9.17, 15) is 26.3 Å². The number of likely N-dealkylation sites (tertiary alicyclic amines) is 1. The monoisotopic (exact) mass is 874 g/mol. The molecule has 0 atom stereocenters. The molecule has 2 heterocycles. The van der Waals surface area contributed by atoms with Crippen LogP contribution in [0.25, 0.3) is 0 Å². The van der Waals surface area contributed by atoms with Gasteiger partial charge >= 0.3 is 12.4 Å². The van der Waals surface area contributed by atoms with Crippen LogP contribution >= 0.6 is 28.3 Å². The minimum Gasteiger partial charge on any atom is -0.493 e. The molecule has 6 nitrogen and oxygen atoms in total. The molecule has 2 aliphatic rings. The number of alkyl halides is 7. The summed E-state index contributed by atoms with van der Waals surface area (Å²) in [6.45, 7) is 9.87. The van der Waals surface area contributed by atoms with Gasteiger partial charge in [-0.3, -0.25) is 4.90 Å². The Morgan fingerprint density at radius 1 is 0.571 bits per heavy atom. The van der Waals surface area contributed by atoms with E-state index in [2.05, 4.69) is 40.0 Å². The molecule has 2 aliphatic heterocycles. The molecule has 2 saturated heterocycles. The van der Waals surface area contributed by atoms with Gasteiger partial charge < -0.3 is 24.3 Å². The number of nitrogens with one attached hydrogen (secondary N) is 1. The quantitative estimate of drug-likeness (QED) is 0.120. The van der Waals surface area contributed by atoms with Crippen LogP contribution in [0.1, 0.15) is 50.7 Å². The molecule has 4 aromatic carbocycles. The number of rotatable bonds is 11. The first kappa shape index (κ1) is 46.7. The van der Waals surface area contributed by atoms with Gasteiger partial charge in [0, 0.05) is 25.0 Å². The van der Waals surface area contributed by atoms with Crippen LogP contribution in [0.15, 0.2) is 109 Å². The van der Waals surface area contributed by atoms with Crippen molar-refractivity contribution in [1.29, 1.82) is 0 Å². The highest BCUT2D eigenvalue weighted by Gasteiger charge is 2.33. The lowest BCUT2D eigenvalue weighted by Crippen LogP contribution is -2.47. The standard InChI is InChI=1S/C21H24F3NO2.C12H17NO.C9H8BrF3O.ClH/c1-20(27-19-5-3-2-4-6-19)11-13-25(14-12-20)15-16-26-18-9-7-17(8-10-18)21(22,23)24;1-12(7-9-13-10-8-12)14-11-5-3-2-4-6-11;10-5-6-14-8-3-1-7(2-4-8)9(11,12)13;/h2-10H,11-16H2,1H3;2-6,13H,7-10H2,1H3;1-4H,5-6H2;1H. The minimum atomic E-state index is -4.32. The lowest BCUT2D eigenvalue weighted by molar-refractivity contribution is -0.138. The van der Waals surface area contributed by atoms with Crippen LogP contribution in [0.5, 0.6) is 23.0 Å². The lowest BCUT2D eigenvalue weighted by Gasteiger charge is -2.39. The molecule has 0 aliphatic carbocycles. The average Bonchev–Trinajstić information content (AvgIpc) is 3.16. The van der Waals surface area contributed by atoms with Gasteiger partial charge in [0.05, 0.1) is 17.7 Å². The topological polar surface area (TPSA) is 52.2 Å². The maximum Gasteiger partial charge on any atom is 0.416 e. The highest BCUT2D eigenvalue weighted by atomic mass is 79.9. The Kier molecular flexibility index (Phi) is 18.6. The highest BCUT2D eigenvalue weighted by molar-refractivity contribution is 9.09. The molecule has 0 amide bonds. The summed E-state index contributed by atoms with van der Waals surface area (Å²) in [4.78, 5) is 2.29. The zero-order chi connectivity index (χ0) is 39.8. The number of para-hydroxylation sites is 2. The number of piperidine rings is 2. The first-order valence-corrected chi connectivity index (χ1v) is 19.4. The van der Waals surface area contributed by atoms with E-state index in [1.807, 2.05) is 60.7 Å². The molecule has 0 spiro atoms. The zero-order valence-corrected chi connectivity index (χ0v) is 33.9. The molecule has 6 rings (SSSR count). The Labute approximate surface area is 340 Å². The molecule has 0 saturated carbocycles. The summed E-state index contributed by atoms with van der Waals surface area (Å²) in [5, 5.41) is 3.99. The van der Waals surface area contributed by atoms with Crippen molar-refractivity contribution in [3.05, 3.63) is 120 Å². The third-order valence-corrected chi connectivity index (χ3v) is 9.50. The van der Waals surface area contributed by atoms with Gasteiger partial charge in [-0.2, -0.15) is 26.3 Å². The molecule has 2 fully saturated rings. The third kappa shape index (κ3) is 16.4. The van der Waals surface area contributed by atoms with E-state index in [1.165, 1.54) is 24.3 Å². The molecule has 308 valence electrons. The second kappa shape index (κ2) is 22.3. The van der Waals surface area contributed by atoms with Gasteiger partial charge in [-0.1, -0.05) is 52.3 Å². The Morgan fingerprint density at radius 3 is 1.36 bits per heavy atom. The third-order valence-electron chi connectivity index (χ3n) is 9.18. The number of nitrogens with zero attached hydrogens (tertiary/aromatic N) is 1. The fraction of sp³-hybridized carbons (Fsp3) is 0.429. The normalized spacial score (nSPS) is 16.4. The Hall–Kier alpha value is -3.65. The van der Waals surface area contributed by atoms with E-state index >= 15 is 0 Å². The van der Waals surface area contributed by atoms with Crippen molar-refractivity contribution >= 4 is 28.3 Å². The number of halogens is 8. The summed E-state index contributed by atoms with van der Waals surface area (Å²) in [5.41, 5.74) is -1.48. The Bertz CT molecular complexity index is 1650. The highest BCUT2D eigenvalue weighted by Crippen LogP contribution is 2.32. The van der Waals surface area contributed by atoms with Gasteiger partial charge in [0.2, 0.25) is 0 Å². The molecule has 0 radical (unpaired) electrons. The summed E-state index contributed by atoms with van der Waals surface area (Å²) in [7, 11) is 0. The molecule has 14 heteroatoms. The smallest absolute Gasteiger partial charge is 0.416 e. The average molecular weight is 876 g/mol. The van der Waals surface area contributed by atoms with Crippen molar-refractivity contribution in [3.8, 4) is 23.0 Å². The maximum absolute atomic E-state index is 12.6. The summed E-state index contributed by atoms with van der Waals surface area (Å²) in [6, 6.07) is 29.4. The number of ether oxygens (including phenoxy) is 4. The second-order valence-corrected chi connectivity index (χ2v) is 14.5. The predicted octanol–water partition coefficient (Wildman–Crippen LogP) is 11.1. The largest absolute Gasteiger partial charge is 0.493 e. The van der Waals surface area contributed by atoms with Crippen LogP contribution in [-0.2, 0) is 12.4 Å². The van der Waals surface area contributed by atoms with Crippen molar-refractivity contribution in [2.24, 2.45) is 0 Å². The summed E-state index contributed by atoms with van der Waals surface area (Å²) >= 11 is 3.15. The van der Waals surface area contributed by atoms with Crippen molar-refractivity contribution in [2.45, 2.75) is 63.1 Å². The van der Waals surface area contributed by atoms with Crippen LogP contribution in [0, 0.1) is 0 Å². The number of hydrogen-bond acceptors (Lipinski definition) is 6. The van der Waals surface area contributed by atoms with E-state index in [1.54, 1.807) is 0 Å². The minimum absolute atomic E-state index is 0. The van der Waals surface area contributed by atoms with Crippen molar-refractivity contribution in [3.63, 3.8) is 0 Å². The summed E-state index contributed by atoms with van der Waals surface area (Å²) < 4.78 is 96.9. The van der Waals surface area contributed by atoms with E-state index in [-0.39, 0.29) is 23.6 Å². The first-order valence-electron chi connectivity index (χ1n) is 18.2. The van der Waals surface area contributed by atoms with Gasteiger partial charge in [-0.05, 0) is 125 Å². The summed E-state index contributed by atoms with van der Waals surface area (Å²) in [6.07, 6.45) is -4.59. The predicted molar refractivity (Wildman–Crippen MR) is 214 cm³/mol. The van der Waals surface area contributed by atoms with Crippen LogP contribution in [-0.4, -0.2) is 67.4 Å². The Balaban J connectivity index is 0.000000245. The van der Waals surface area contributed by atoms with Gasteiger partial charge in [-0.15, -0.1) is 12.4 Å². The Morgan fingerprint density at radius 2 is 0.964 bits per heavy atom. The van der Waals surface area contributed by atoms with Crippen LogP contribution in [0.3, 0.4) is 0 Å². The molecule has 56 heavy (non-hydrogen) atoms. The van der Waals surface area contributed by atoms with E-state index in [0.29, 0.717) is 30.0 Å². The van der Waals surface area contributed by atoms with Crippen LogP contribution in [0.4, 0.5) is 26.3 Å². The van der Waals surface area contributed by atoms with Crippen molar-refractivity contribution < 1.29 is 45.3 Å². The van der Waals surface area contributed by atoms with Crippen LogP contribution in [0.2, 0.25) is 0 Å². The molecule has 0 unspecified atom stereocenters. The molecular formula is C42H50BrClF6N2O4. The molecular weight excluding hydrogens is 826 g/mol. The number of benzene rings is 4. The summed E-state index contributed by atoms with van der Waals surface area (Å²) in [5.74, 6) is 2.77. The van der Waals surface area contributed by atoms with E-state index in [4.69, 9.17) is 18.9 Å². The fourth-order valence-corrected chi connectivity index (χ4v) is 6.05. The van der Waals surface area contributed by atoms with Crippen molar-refractivity contribution in [2.75, 3.05) is 51.3 Å². The van der Waals surface area contributed by atoms with Gasteiger partial charge in [-0.25, -0.2) is 0 Å². The van der Waals surface area contributed by atoms with Crippen molar-refractivity contribution in [1.82, 2.24) is 10.2 Å². The van der Waals surface area contributed by atoms with Crippen LogP contribution < -0.4 is 24.3 Å². The zero-order valence-electron chi connectivity index (χ0n) is 31.5. The van der Waals surface area contributed by atoms with Gasteiger partial charge in [0.25, 0.3) is 0 Å². The SMILES string of the molecule is CC1(Oc2ccccc2)CCN(CCOc2ccc(C(F)(F)F)cc2)CC1.CC1(Oc2ccccc2)CCNCC1.Cl.FC(F)(F)c1ccc(OCCBr)cc1. The van der Waals surface area contributed by atoms with Gasteiger partial charge in [0.15, 0.2) is 0 Å². The first-order chi connectivity index (χ1) is 26.2. The molecule has 4 aromatic rings.